The molecule has 0 aliphatic rings. The summed E-state index contributed by atoms with van der Waals surface area (Å²) in [4.78, 5) is 0. The molecule has 0 saturated carbocycles. The van der Waals surface area contributed by atoms with Crippen LogP contribution in [0.25, 0.3) is 0 Å². The van der Waals surface area contributed by atoms with E-state index in [2.05, 4.69) is 0 Å². The Morgan fingerprint density at radius 1 is 1.00 bits per heavy atom. The number of rotatable bonds is 0. The average molecular weight is 369 g/mol. The van der Waals surface area contributed by atoms with E-state index in [1.807, 2.05) is 0 Å². The molecule has 4 heteroatoms. The second-order valence-electron chi connectivity index (χ2n) is 0. The molecule has 0 spiro atoms. The van der Waals surface area contributed by atoms with Crippen LogP contribution in [0, 0.1) is 0 Å². The second-order valence-corrected chi connectivity index (χ2v) is 0. The van der Waals surface area contributed by atoms with Crippen LogP contribution in [-0.2, 0) is 71.4 Å². The van der Waals surface area contributed by atoms with E-state index in [-0.39, 0.29) is 71.4 Å². The van der Waals surface area contributed by atoms with Crippen LogP contribution in [0.2, 0.25) is 0 Å². The first-order valence-electron chi connectivity index (χ1n) is 0. The van der Waals surface area contributed by atoms with Crippen LogP contribution in [0.1, 0.15) is 0 Å². The molecule has 0 atom stereocenters. The summed E-state index contributed by atoms with van der Waals surface area (Å²) in [7, 11) is 0. The minimum absolute atomic E-state index is 0. The fraction of sp³-hybridized carbons (Fsp3) is 0. The minimum atomic E-state index is 0. The molecular formula is CoFeNiPt. The topological polar surface area (TPSA) is 0 Å². The first-order chi connectivity index (χ1) is 0. The zero-order chi connectivity index (χ0) is 0. The van der Waals surface area contributed by atoms with Gasteiger partial charge in [-0.25, -0.2) is 0 Å². The summed E-state index contributed by atoms with van der Waals surface area (Å²) in [5.41, 5.74) is 0. The Bertz CT molecular complexity index is 8.00. The molecule has 0 amide bonds. The van der Waals surface area contributed by atoms with Gasteiger partial charge in [-0.1, -0.05) is 0 Å². The first kappa shape index (κ1) is 34.5. The summed E-state index contributed by atoms with van der Waals surface area (Å²) < 4.78 is 0. The van der Waals surface area contributed by atoms with E-state index in [9.17, 15) is 0 Å². The van der Waals surface area contributed by atoms with Crippen molar-refractivity contribution >= 4 is 0 Å². The third kappa shape index (κ3) is 8.88. The van der Waals surface area contributed by atoms with Crippen molar-refractivity contribution in [2.45, 2.75) is 0 Å². The largest absolute Gasteiger partial charge is 0 e. The van der Waals surface area contributed by atoms with E-state index >= 15 is 0 Å². The van der Waals surface area contributed by atoms with Crippen LogP contribution < -0.4 is 0 Å². The van der Waals surface area contributed by atoms with Crippen LogP contribution in [0.4, 0.5) is 0 Å². The van der Waals surface area contributed by atoms with E-state index < -0.39 is 0 Å². The summed E-state index contributed by atoms with van der Waals surface area (Å²) >= 11 is 0. The van der Waals surface area contributed by atoms with Crippen molar-refractivity contribution in [1.82, 2.24) is 0 Å². The molecule has 1 radical (unpaired) electrons. The van der Waals surface area contributed by atoms with Gasteiger partial charge in [0.05, 0.1) is 0 Å². The molecule has 0 aromatic heterocycles. The van der Waals surface area contributed by atoms with Gasteiger partial charge in [0.2, 0.25) is 0 Å². The fourth-order valence-electron chi connectivity index (χ4n) is 0. The van der Waals surface area contributed by atoms with Gasteiger partial charge in [-0.05, 0) is 0 Å². The molecular weight excluding hydrogens is 369 g/mol. The molecule has 0 saturated heterocycles. The number of hydrogen-bond donors (Lipinski definition) is 0. The van der Waals surface area contributed by atoms with Crippen molar-refractivity contribution in [3.05, 3.63) is 0 Å². The smallest absolute Gasteiger partial charge is 0 e. The Morgan fingerprint density at radius 3 is 1.00 bits per heavy atom. The molecule has 0 aromatic rings. The molecule has 0 aliphatic heterocycles. The van der Waals surface area contributed by atoms with Gasteiger partial charge in [0.25, 0.3) is 0 Å². The van der Waals surface area contributed by atoms with Gasteiger partial charge in [-0.3, -0.25) is 0 Å². The summed E-state index contributed by atoms with van der Waals surface area (Å²) in [5.74, 6) is 0. The van der Waals surface area contributed by atoms with Crippen LogP contribution in [-0.4, -0.2) is 0 Å². The molecule has 0 N–H and O–H groups in total. The maximum atomic E-state index is 0. The molecule has 4 heavy (non-hydrogen) atoms. The van der Waals surface area contributed by atoms with Crippen LogP contribution >= 0.6 is 0 Å². The quantitative estimate of drug-likeness (QED) is 0.528. The second kappa shape index (κ2) is 18.9. The standard InChI is InChI=1S/Co.Fe.Ni.Pt. The Hall–Kier alpha value is 2.21. The van der Waals surface area contributed by atoms with E-state index in [4.69, 9.17) is 0 Å². The zero-order valence-corrected chi connectivity index (χ0v) is 6.72. The molecule has 37 valence electrons. The summed E-state index contributed by atoms with van der Waals surface area (Å²) in [6.07, 6.45) is 0. The van der Waals surface area contributed by atoms with Crippen molar-refractivity contribution in [3.63, 3.8) is 0 Å². The van der Waals surface area contributed by atoms with Crippen molar-refractivity contribution in [3.8, 4) is 0 Å². The average Bonchev–Trinajstić information content (AvgIpc) is 0. The van der Waals surface area contributed by atoms with Crippen molar-refractivity contribution in [2.24, 2.45) is 0 Å². The van der Waals surface area contributed by atoms with Gasteiger partial charge in [0, 0.05) is 71.4 Å². The Morgan fingerprint density at radius 2 is 1.00 bits per heavy atom. The van der Waals surface area contributed by atoms with Gasteiger partial charge in [0.15, 0.2) is 0 Å². The third-order valence-corrected chi connectivity index (χ3v) is 0. The van der Waals surface area contributed by atoms with Gasteiger partial charge in [-0.2, -0.15) is 0 Å². The SMILES string of the molecule is [Co].[Fe].[Ni].[Pt]. The predicted molar refractivity (Wildman–Crippen MR) is 0 cm³/mol. The van der Waals surface area contributed by atoms with Gasteiger partial charge < -0.3 is 0 Å². The summed E-state index contributed by atoms with van der Waals surface area (Å²) in [5, 5.41) is 0. The molecule has 0 unspecified atom stereocenters. The fourth-order valence-corrected chi connectivity index (χ4v) is 0. The molecule has 0 rings (SSSR count). The summed E-state index contributed by atoms with van der Waals surface area (Å²) in [6.45, 7) is 0. The van der Waals surface area contributed by atoms with Gasteiger partial charge >= 0.3 is 0 Å². The maximum Gasteiger partial charge on any atom is 0 e. The van der Waals surface area contributed by atoms with Crippen LogP contribution in [0.5, 0.6) is 0 Å². The first-order valence-corrected chi connectivity index (χ1v) is 0. The van der Waals surface area contributed by atoms with E-state index in [1.54, 1.807) is 0 Å². The predicted octanol–water partition coefficient (Wildman–Crippen LogP) is -0.0100. The third-order valence-electron chi connectivity index (χ3n) is 0. The normalized spacial score (nSPS) is 0. The summed E-state index contributed by atoms with van der Waals surface area (Å²) in [6, 6.07) is 0. The van der Waals surface area contributed by atoms with Crippen molar-refractivity contribution in [1.29, 1.82) is 0 Å². The Kier molecular flexibility index (Phi) is 163. The maximum absolute atomic E-state index is 0. The van der Waals surface area contributed by atoms with E-state index in [1.165, 1.54) is 0 Å². The van der Waals surface area contributed by atoms with Gasteiger partial charge in [-0.15, -0.1) is 0 Å². The molecule has 0 nitrogen and oxygen atoms in total. The van der Waals surface area contributed by atoms with Crippen molar-refractivity contribution in [2.75, 3.05) is 0 Å². The minimum Gasteiger partial charge on any atom is 0 e. The van der Waals surface area contributed by atoms with E-state index in [0.29, 0.717) is 0 Å². The zero-order valence-electron chi connectivity index (χ0n) is 1.32. The Balaban J connectivity index is 0. The molecule has 0 bridgehead atoms. The molecule has 0 heterocycles. The number of hydrogen-bond acceptors (Lipinski definition) is 0. The molecule has 0 aliphatic carbocycles. The van der Waals surface area contributed by atoms with E-state index in [0.717, 1.165) is 0 Å². The van der Waals surface area contributed by atoms with Gasteiger partial charge in [0.1, 0.15) is 0 Å². The molecule has 0 fully saturated rings. The monoisotopic (exact) mass is 368 g/mol. The van der Waals surface area contributed by atoms with Crippen molar-refractivity contribution < 1.29 is 71.4 Å². The van der Waals surface area contributed by atoms with Crippen LogP contribution in [0.3, 0.4) is 0 Å². The van der Waals surface area contributed by atoms with Crippen LogP contribution in [0.15, 0.2) is 0 Å². The Labute approximate surface area is 70.7 Å². The molecule has 0 aromatic carbocycles.